The summed E-state index contributed by atoms with van der Waals surface area (Å²) in [6, 6.07) is 16.7. The largest absolute Gasteiger partial charge is 0.369 e. The van der Waals surface area contributed by atoms with E-state index < -0.39 is 10.0 Å². The molecule has 0 spiro atoms. The van der Waals surface area contributed by atoms with Gasteiger partial charge in [0.1, 0.15) is 0 Å². The topological polar surface area (TPSA) is 78.8 Å². The van der Waals surface area contributed by atoms with E-state index in [9.17, 15) is 13.2 Å². The van der Waals surface area contributed by atoms with Gasteiger partial charge < -0.3 is 9.80 Å². The number of likely N-dealkylation sites (tertiary alicyclic amines) is 1. The number of nitrogens with zero attached hydrogens (tertiary/aromatic N) is 5. The zero-order chi connectivity index (χ0) is 27.6. The van der Waals surface area contributed by atoms with Gasteiger partial charge in [-0.05, 0) is 68.7 Å². The smallest absolute Gasteiger partial charge is 0.263 e. The summed E-state index contributed by atoms with van der Waals surface area (Å²) < 4.78 is 30.7. The van der Waals surface area contributed by atoms with Crippen LogP contribution in [-0.4, -0.2) is 72.6 Å². The van der Waals surface area contributed by atoms with Gasteiger partial charge in [-0.25, -0.2) is 8.42 Å². The molecule has 2 aromatic carbocycles. The number of rotatable bonds is 7. The van der Waals surface area contributed by atoms with Crippen LogP contribution in [0.4, 0.5) is 5.69 Å². The lowest BCUT2D eigenvalue weighted by atomic mass is 9.90. The average molecular weight is 550 g/mol. The van der Waals surface area contributed by atoms with Crippen LogP contribution in [0.2, 0.25) is 0 Å². The Morgan fingerprint density at radius 1 is 0.923 bits per heavy atom. The highest BCUT2D eigenvalue weighted by atomic mass is 32.2. The third-order valence-electron chi connectivity index (χ3n) is 8.29. The van der Waals surface area contributed by atoms with Crippen LogP contribution < -0.4 is 4.90 Å². The summed E-state index contributed by atoms with van der Waals surface area (Å²) in [5, 5.41) is 4.28. The predicted octanol–water partition coefficient (Wildman–Crippen LogP) is 4.13. The first-order chi connectivity index (χ1) is 18.8. The van der Waals surface area contributed by atoms with Gasteiger partial charge in [0.15, 0.2) is 0 Å². The first-order valence-electron chi connectivity index (χ1n) is 14.0. The van der Waals surface area contributed by atoms with Crippen LogP contribution in [0.3, 0.4) is 0 Å². The molecule has 39 heavy (non-hydrogen) atoms. The fraction of sp³-hybridized carbons (Fsp3) is 0.467. The molecule has 2 fully saturated rings. The standard InChI is InChI=1S/C30H39N5O3S/c1-4-34-22-27(30(36)33-15-13-26(14-16-33)21-25-10-6-5-7-11-25)29(31-34)39(37,38)35-19-17-32(18-20-35)28-12-8-9-23(2)24(28)3/h5-12,22,26H,4,13-21H2,1-3H3. The van der Waals surface area contributed by atoms with Crippen LogP contribution in [0.5, 0.6) is 0 Å². The maximum Gasteiger partial charge on any atom is 0.263 e. The zero-order valence-electron chi connectivity index (χ0n) is 23.2. The molecule has 1 amide bonds. The van der Waals surface area contributed by atoms with Crippen LogP contribution in [0.1, 0.15) is 46.8 Å². The van der Waals surface area contributed by atoms with E-state index in [0.29, 0.717) is 51.7 Å². The molecule has 1 aromatic heterocycles. The number of piperidine rings is 1. The highest BCUT2D eigenvalue weighted by Crippen LogP contribution is 2.28. The number of carbonyl (C=O) groups excluding carboxylic acids is 1. The summed E-state index contributed by atoms with van der Waals surface area (Å²) in [6.07, 6.45) is 4.43. The highest BCUT2D eigenvalue weighted by Gasteiger charge is 2.36. The van der Waals surface area contributed by atoms with Crippen molar-refractivity contribution in [1.29, 1.82) is 0 Å². The van der Waals surface area contributed by atoms with Crippen LogP contribution in [-0.2, 0) is 23.0 Å². The third kappa shape index (κ3) is 5.75. The Hall–Kier alpha value is -3.17. The molecule has 0 radical (unpaired) electrons. The molecule has 9 heteroatoms. The third-order valence-corrected chi connectivity index (χ3v) is 10.1. The fourth-order valence-electron chi connectivity index (χ4n) is 5.73. The molecule has 5 rings (SSSR count). The van der Waals surface area contributed by atoms with E-state index in [-0.39, 0.29) is 16.5 Å². The second-order valence-electron chi connectivity index (χ2n) is 10.7. The fourth-order valence-corrected chi connectivity index (χ4v) is 7.25. The minimum Gasteiger partial charge on any atom is -0.369 e. The van der Waals surface area contributed by atoms with Crippen LogP contribution in [0, 0.1) is 19.8 Å². The van der Waals surface area contributed by atoms with Crippen LogP contribution in [0.25, 0.3) is 0 Å². The van der Waals surface area contributed by atoms with Crippen molar-refractivity contribution in [3.8, 4) is 0 Å². The quantitative estimate of drug-likeness (QED) is 0.443. The summed E-state index contributed by atoms with van der Waals surface area (Å²) in [6.45, 7) is 9.74. The Labute approximate surface area is 232 Å². The van der Waals surface area contributed by atoms with Crippen molar-refractivity contribution >= 4 is 21.6 Å². The Morgan fingerprint density at radius 3 is 2.28 bits per heavy atom. The molecule has 2 aliphatic rings. The molecule has 0 saturated carbocycles. The molecule has 3 heterocycles. The van der Waals surface area contributed by atoms with E-state index in [1.54, 1.807) is 15.8 Å². The van der Waals surface area contributed by atoms with E-state index in [2.05, 4.69) is 60.2 Å². The lowest BCUT2D eigenvalue weighted by molar-refractivity contribution is 0.0686. The van der Waals surface area contributed by atoms with Crippen LogP contribution >= 0.6 is 0 Å². The van der Waals surface area contributed by atoms with Crippen molar-refractivity contribution in [2.24, 2.45) is 5.92 Å². The van der Waals surface area contributed by atoms with Gasteiger partial charge in [0.25, 0.3) is 15.9 Å². The summed E-state index contributed by atoms with van der Waals surface area (Å²) in [7, 11) is -3.91. The molecule has 0 atom stereocenters. The number of amides is 1. The molecule has 2 saturated heterocycles. The van der Waals surface area contributed by atoms with Crippen LogP contribution in [0.15, 0.2) is 59.8 Å². The number of hydrogen-bond donors (Lipinski definition) is 0. The summed E-state index contributed by atoms with van der Waals surface area (Å²) in [5.41, 5.74) is 5.09. The van der Waals surface area contributed by atoms with E-state index in [0.717, 1.165) is 24.9 Å². The molecule has 0 aliphatic carbocycles. The summed E-state index contributed by atoms with van der Waals surface area (Å²) in [4.78, 5) is 17.7. The molecule has 3 aromatic rings. The molecule has 8 nitrogen and oxygen atoms in total. The zero-order valence-corrected chi connectivity index (χ0v) is 24.0. The number of anilines is 1. The SMILES string of the molecule is CCn1cc(C(=O)N2CCC(Cc3ccccc3)CC2)c(S(=O)(=O)N2CCN(c3cccc(C)c3C)CC2)n1. The normalized spacial score (nSPS) is 17.5. The van der Waals surface area contributed by atoms with E-state index in [1.165, 1.54) is 21.0 Å². The Bertz CT molecular complexity index is 1400. The van der Waals surface area contributed by atoms with Crippen molar-refractivity contribution in [2.75, 3.05) is 44.2 Å². The highest BCUT2D eigenvalue weighted by molar-refractivity contribution is 7.89. The van der Waals surface area contributed by atoms with Crippen molar-refractivity contribution in [1.82, 2.24) is 19.0 Å². The van der Waals surface area contributed by atoms with Crippen molar-refractivity contribution in [3.05, 3.63) is 77.0 Å². The maximum atomic E-state index is 13.8. The van der Waals surface area contributed by atoms with Gasteiger partial charge in [-0.2, -0.15) is 9.40 Å². The first kappa shape index (κ1) is 27.4. The van der Waals surface area contributed by atoms with E-state index in [4.69, 9.17) is 0 Å². The van der Waals surface area contributed by atoms with Gasteiger partial charge in [0, 0.05) is 57.7 Å². The van der Waals surface area contributed by atoms with Crippen molar-refractivity contribution in [2.45, 2.75) is 51.6 Å². The molecule has 0 N–H and O–H groups in total. The monoisotopic (exact) mass is 549 g/mol. The van der Waals surface area contributed by atoms with Gasteiger partial charge in [0.05, 0.1) is 5.56 Å². The number of sulfonamides is 1. The lowest BCUT2D eigenvalue weighted by Gasteiger charge is -2.36. The average Bonchev–Trinajstić information content (AvgIpc) is 3.41. The number of aryl methyl sites for hydroxylation is 2. The van der Waals surface area contributed by atoms with Gasteiger partial charge in [-0.3, -0.25) is 9.48 Å². The number of piperazine rings is 1. The number of hydrogen-bond acceptors (Lipinski definition) is 5. The van der Waals surface area contributed by atoms with Gasteiger partial charge in [-0.1, -0.05) is 42.5 Å². The van der Waals surface area contributed by atoms with Gasteiger partial charge >= 0.3 is 0 Å². The molecular formula is C30H39N5O3S. The summed E-state index contributed by atoms with van der Waals surface area (Å²) >= 11 is 0. The van der Waals surface area contributed by atoms with E-state index >= 15 is 0 Å². The van der Waals surface area contributed by atoms with Gasteiger partial charge in [-0.15, -0.1) is 0 Å². The number of carbonyl (C=O) groups is 1. The minimum absolute atomic E-state index is 0.110. The molecule has 2 aliphatic heterocycles. The van der Waals surface area contributed by atoms with Crippen molar-refractivity contribution in [3.63, 3.8) is 0 Å². The molecule has 0 unspecified atom stereocenters. The Balaban J connectivity index is 1.28. The molecule has 0 bridgehead atoms. The first-order valence-corrected chi connectivity index (χ1v) is 15.4. The van der Waals surface area contributed by atoms with E-state index in [1.807, 2.05) is 19.1 Å². The molecule has 208 valence electrons. The second kappa shape index (κ2) is 11.5. The maximum absolute atomic E-state index is 13.8. The number of aromatic nitrogens is 2. The van der Waals surface area contributed by atoms with Crippen molar-refractivity contribution < 1.29 is 13.2 Å². The second-order valence-corrected chi connectivity index (χ2v) is 12.6. The minimum atomic E-state index is -3.91. The number of benzene rings is 2. The summed E-state index contributed by atoms with van der Waals surface area (Å²) in [5.74, 6) is 0.284. The molecular weight excluding hydrogens is 510 g/mol. The predicted molar refractivity (Wildman–Crippen MR) is 154 cm³/mol. The Morgan fingerprint density at radius 2 is 1.62 bits per heavy atom. The Kier molecular flexibility index (Phi) is 8.09. The van der Waals surface area contributed by atoms with Gasteiger partial charge in [0.2, 0.25) is 5.03 Å². The lowest BCUT2D eigenvalue weighted by Crippen LogP contribution is -2.49.